The molecule has 1 amide bonds. The fourth-order valence-electron chi connectivity index (χ4n) is 1.66. The van der Waals surface area contributed by atoms with Gasteiger partial charge in [-0.15, -0.1) is 0 Å². The number of rotatable bonds is 4. The first-order valence-corrected chi connectivity index (χ1v) is 6.50. The first kappa shape index (κ1) is 13.9. The third-order valence-electron chi connectivity index (χ3n) is 2.61. The van der Waals surface area contributed by atoms with E-state index in [4.69, 9.17) is 0 Å². The summed E-state index contributed by atoms with van der Waals surface area (Å²) in [5.74, 6) is -0.377. The maximum atomic E-state index is 11.9. The number of nitrogens with one attached hydrogen (secondary N) is 2. The minimum Gasteiger partial charge on any atom is -0.347 e. The molecule has 0 aliphatic rings. The lowest BCUT2D eigenvalue weighted by Gasteiger charge is -2.04. The Bertz CT molecular complexity index is 719. The summed E-state index contributed by atoms with van der Waals surface area (Å²) in [5, 5.41) is 13.3. The number of thiazole rings is 1. The molecule has 7 nitrogen and oxygen atoms in total. The van der Waals surface area contributed by atoms with Crippen molar-refractivity contribution in [3.05, 3.63) is 60.2 Å². The third kappa shape index (κ3) is 3.09. The van der Waals surface area contributed by atoms with Gasteiger partial charge in [0.25, 0.3) is 11.6 Å². The van der Waals surface area contributed by atoms with E-state index in [0.29, 0.717) is 16.1 Å². The maximum Gasteiger partial charge on any atom is 0.305 e. The summed E-state index contributed by atoms with van der Waals surface area (Å²) in [4.78, 5) is 35.7. The van der Waals surface area contributed by atoms with Gasteiger partial charge in [0.1, 0.15) is 4.88 Å². The zero-order valence-electron chi connectivity index (χ0n) is 10.5. The predicted molar refractivity (Wildman–Crippen MR) is 73.9 cm³/mol. The van der Waals surface area contributed by atoms with Crippen molar-refractivity contribution in [1.82, 2.24) is 10.3 Å². The van der Waals surface area contributed by atoms with E-state index in [-0.39, 0.29) is 23.0 Å². The molecule has 2 N–H and O–H groups in total. The highest BCUT2D eigenvalue weighted by Crippen LogP contribution is 2.13. The number of aromatic nitrogens is 1. The maximum absolute atomic E-state index is 11.9. The first-order chi connectivity index (χ1) is 9.47. The van der Waals surface area contributed by atoms with E-state index in [2.05, 4.69) is 10.3 Å². The molecule has 0 bridgehead atoms. The fourth-order valence-corrected chi connectivity index (χ4v) is 2.42. The number of carbonyl (C=O) groups is 1. The Balaban J connectivity index is 2.07. The quantitative estimate of drug-likeness (QED) is 0.659. The van der Waals surface area contributed by atoms with Crippen molar-refractivity contribution in [2.24, 2.45) is 0 Å². The molecular formula is C12H11N3O4S. The third-order valence-corrected chi connectivity index (χ3v) is 3.59. The van der Waals surface area contributed by atoms with Crippen molar-refractivity contribution in [3.63, 3.8) is 0 Å². The molecule has 1 aromatic heterocycles. The highest BCUT2D eigenvalue weighted by Gasteiger charge is 2.13. The average molecular weight is 293 g/mol. The highest BCUT2D eigenvalue weighted by molar-refractivity contribution is 7.11. The van der Waals surface area contributed by atoms with Crippen LogP contribution in [0.2, 0.25) is 0 Å². The number of carbonyl (C=O) groups excluding carboxylic acids is 1. The van der Waals surface area contributed by atoms with Crippen molar-refractivity contribution in [1.29, 1.82) is 0 Å². The van der Waals surface area contributed by atoms with Gasteiger partial charge in [-0.2, -0.15) is 0 Å². The van der Waals surface area contributed by atoms with Crippen LogP contribution in [0.25, 0.3) is 0 Å². The molecule has 0 saturated heterocycles. The van der Waals surface area contributed by atoms with Crippen LogP contribution < -0.4 is 10.2 Å². The van der Waals surface area contributed by atoms with Crippen molar-refractivity contribution >= 4 is 22.9 Å². The van der Waals surface area contributed by atoms with Crippen LogP contribution in [0.15, 0.2) is 29.1 Å². The number of nitro benzene ring substituents is 1. The van der Waals surface area contributed by atoms with Gasteiger partial charge in [-0.1, -0.05) is 23.5 Å². The molecule has 0 saturated carbocycles. The molecule has 104 valence electrons. The van der Waals surface area contributed by atoms with Gasteiger partial charge in [0.15, 0.2) is 0 Å². The Morgan fingerprint density at radius 2 is 2.25 bits per heavy atom. The van der Waals surface area contributed by atoms with E-state index in [1.165, 1.54) is 12.1 Å². The molecular weight excluding hydrogens is 282 g/mol. The molecule has 1 heterocycles. The average Bonchev–Trinajstić information content (AvgIpc) is 2.75. The van der Waals surface area contributed by atoms with E-state index in [0.717, 1.165) is 11.3 Å². The number of aromatic amines is 1. The molecule has 8 heteroatoms. The largest absolute Gasteiger partial charge is 0.347 e. The molecule has 0 fully saturated rings. The topological polar surface area (TPSA) is 105 Å². The molecule has 0 radical (unpaired) electrons. The van der Waals surface area contributed by atoms with Crippen molar-refractivity contribution < 1.29 is 9.72 Å². The lowest BCUT2D eigenvalue weighted by Crippen LogP contribution is -2.22. The molecule has 0 aliphatic heterocycles. The summed E-state index contributed by atoms with van der Waals surface area (Å²) in [7, 11) is 0. The van der Waals surface area contributed by atoms with Gasteiger partial charge in [-0.25, -0.2) is 0 Å². The molecule has 1 aromatic carbocycles. The van der Waals surface area contributed by atoms with Crippen LogP contribution in [-0.4, -0.2) is 15.8 Å². The predicted octanol–water partition coefficient (Wildman–Crippen LogP) is 1.58. The molecule has 2 aromatic rings. The molecule has 0 atom stereocenters. The second kappa shape index (κ2) is 5.66. The number of aryl methyl sites for hydroxylation is 1. The van der Waals surface area contributed by atoms with Crippen LogP contribution in [0.1, 0.15) is 20.9 Å². The summed E-state index contributed by atoms with van der Waals surface area (Å²) in [5.41, 5.74) is 1.10. The second-order valence-electron chi connectivity index (χ2n) is 4.08. The zero-order valence-corrected chi connectivity index (χ0v) is 11.3. The number of benzene rings is 1. The Kier molecular flexibility index (Phi) is 3.94. The van der Waals surface area contributed by atoms with Gasteiger partial charge in [0, 0.05) is 24.4 Å². The summed E-state index contributed by atoms with van der Waals surface area (Å²) in [6.45, 7) is 1.80. The number of H-pyrrole nitrogens is 1. The lowest BCUT2D eigenvalue weighted by molar-refractivity contribution is -0.384. The number of hydrogen-bond donors (Lipinski definition) is 2. The Labute approximate surface area is 117 Å². The van der Waals surface area contributed by atoms with Crippen LogP contribution in [-0.2, 0) is 6.54 Å². The Morgan fingerprint density at radius 1 is 1.50 bits per heavy atom. The van der Waals surface area contributed by atoms with E-state index < -0.39 is 4.92 Å². The number of non-ortho nitro benzene ring substituents is 1. The van der Waals surface area contributed by atoms with Crippen LogP contribution in [0.3, 0.4) is 0 Å². The van der Waals surface area contributed by atoms with E-state index in [9.17, 15) is 19.7 Å². The van der Waals surface area contributed by atoms with Gasteiger partial charge in [0.2, 0.25) is 0 Å². The smallest absolute Gasteiger partial charge is 0.305 e. The SMILES string of the molecule is Cc1[nH]c(=O)sc1C(=O)NCc1cccc([N+](=O)[O-])c1. The van der Waals surface area contributed by atoms with Gasteiger partial charge < -0.3 is 10.3 Å². The van der Waals surface area contributed by atoms with E-state index in [1.807, 2.05) is 0 Å². The van der Waals surface area contributed by atoms with Gasteiger partial charge >= 0.3 is 4.87 Å². The number of nitro groups is 1. The number of amides is 1. The molecule has 0 aliphatic carbocycles. The van der Waals surface area contributed by atoms with Crippen LogP contribution in [0, 0.1) is 17.0 Å². The Hall–Kier alpha value is -2.48. The van der Waals surface area contributed by atoms with Crippen molar-refractivity contribution in [2.45, 2.75) is 13.5 Å². The van der Waals surface area contributed by atoms with Gasteiger partial charge in [0.05, 0.1) is 4.92 Å². The van der Waals surface area contributed by atoms with Crippen LogP contribution in [0.5, 0.6) is 0 Å². The van der Waals surface area contributed by atoms with Crippen molar-refractivity contribution in [2.75, 3.05) is 0 Å². The zero-order chi connectivity index (χ0) is 14.7. The second-order valence-corrected chi connectivity index (χ2v) is 5.06. The highest BCUT2D eigenvalue weighted by atomic mass is 32.1. The fraction of sp³-hybridized carbons (Fsp3) is 0.167. The van der Waals surface area contributed by atoms with Crippen LogP contribution >= 0.6 is 11.3 Å². The van der Waals surface area contributed by atoms with Crippen molar-refractivity contribution in [3.8, 4) is 0 Å². The molecule has 2 rings (SSSR count). The van der Waals surface area contributed by atoms with E-state index >= 15 is 0 Å². The minimum absolute atomic E-state index is 0.0285. The summed E-state index contributed by atoms with van der Waals surface area (Å²) in [6, 6.07) is 6.01. The number of hydrogen-bond acceptors (Lipinski definition) is 5. The summed E-state index contributed by atoms with van der Waals surface area (Å²) in [6.07, 6.45) is 0. The number of nitrogens with zero attached hydrogens (tertiary/aromatic N) is 1. The van der Waals surface area contributed by atoms with E-state index in [1.54, 1.807) is 19.1 Å². The summed E-state index contributed by atoms with van der Waals surface area (Å²) < 4.78 is 0. The van der Waals surface area contributed by atoms with Gasteiger partial charge in [-0.05, 0) is 12.5 Å². The molecule has 0 unspecified atom stereocenters. The Morgan fingerprint density at radius 3 is 2.85 bits per heavy atom. The summed E-state index contributed by atoms with van der Waals surface area (Å²) >= 11 is 0.834. The minimum atomic E-state index is -0.493. The van der Waals surface area contributed by atoms with Gasteiger partial charge in [-0.3, -0.25) is 19.7 Å². The first-order valence-electron chi connectivity index (χ1n) is 5.68. The monoisotopic (exact) mass is 293 g/mol. The lowest BCUT2D eigenvalue weighted by atomic mass is 10.2. The van der Waals surface area contributed by atoms with Crippen LogP contribution in [0.4, 0.5) is 5.69 Å². The molecule has 20 heavy (non-hydrogen) atoms. The normalized spacial score (nSPS) is 10.2. The molecule has 0 spiro atoms. The standard InChI is InChI=1S/C12H11N3O4S/c1-7-10(20-12(17)14-7)11(16)13-6-8-3-2-4-9(5-8)15(18)19/h2-5H,6H2,1H3,(H,13,16)(H,14,17).